The number of aliphatic hydroxyl groups excluding tert-OH is 2. The van der Waals surface area contributed by atoms with Gasteiger partial charge in [-0.25, -0.2) is 35.7 Å². The second-order valence-electron chi connectivity index (χ2n) is 24.7. The minimum Gasteiger partial charge on any atom is -0.454 e. The number of rotatable bonds is 23. The number of nitrogens with zero attached hydrogens (tertiary/aromatic N) is 3. The summed E-state index contributed by atoms with van der Waals surface area (Å²) in [5.41, 5.74) is 0.957. The lowest BCUT2D eigenvalue weighted by Crippen LogP contribution is -2.51. The third kappa shape index (κ3) is 19.8. The molecule has 12 rings (SSSR count). The summed E-state index contributed by atoms with van der Waals surface area (Å²) >= 11 is 0. The SMILES string of the molecule is CC(C)(C)OC(=O)N[C@@H](Cc1ccccc1)[C@H](O)CN(OC1CCCC1)S(=O)(=O)c1ccc2c(c1)OCO2.O=C(N[C@@H](Cc1ccccc1)[C@H](O)CN(OC1CCCC1)S(=O)(=O)c1ccc2c(c1)OCO2)OC1CO[C@H]2OCC[C@@H]12.O=C(OP=NP)O[C@H]1CO[C@H]2OCC[C@H]21. The molecule has 95 heavy (non-hydrogen) atoms. The molecule has 0 bridgehead atoms. The Morgan fingerprint density at radius 2 is 1.03 bits per heavy atom. The van der Waals surface area contributed by atoms with Crippen molar-refractivity contribution in [1.82, 2.24) is 19.6 Å². The molecule has 2 saturated carbocycles. The molecule has 2 amide bonds. The number of alkyl carbamates (subject to hydrolysis) is 2. The number of hydrogen-bond donors (Lipinski definition) is 4. The molecule has 0 spiro atoms. The van der Waals surface area contributed by atoms with Crippen LogP contribution in [0.1, 0.15) is 96.1 Å². The van der Waals surface area contributed by atoms with Crippen LogP contribution in [0.2, 0.25) is 0 Å². The molecule has 11 atom stereocenters. The molecule has 8 aliphatic rings. The zero-order valence-electron chi connectivity index (χ0n) is 53.0. The van der Waals surface area contributed by atoms with Crippen LogP contribution in [0.5, 0.6) is 23.0 Å². The monoisotopic (exact) mass is 1400 g/mol. The highest BCUT2D eigenvalue weighted by Crippen LogP contribution is 2.39. The van der Waals surface area contributed by atoms with Crippen molar-refractivity contribution in [2.24, 2.45) is 16.4 Å². The molecule has 0 aromatic heterocycles. The van der Waals surface area contributed by atoms with Crippen LogP contribution in [-0.2, 0) is 80.2 Å². The average Bonchev–Trinajstić information content (AvgIpc) is 1.70. The normalized spacial score (nSPS) is 23.4. The molecule has 6 aliphatic heterocycles. The fourth-order valence-corrected chi connectivity index (χ4v) is 14.9. The van der Waals surface area contributed by atoms with Gasteiger partial charge in [-0.15, -0.1) is 0 Å². The number of fused-ring (bicyclic) bond motifs is 4. The van der Waals surface area contributed by atoms with Gasteiger partial charge in [-0.2, -0.15) is 0 Å². The molecule has 4 aromatic rings. The van der Waals surface area contributed by atoms with Crippen molar-refractivity contribution in [3.05, 3.63) is 108 Å². The molecule has 520 valence electrons. The van der Waals surface area contributed by atoms with Crippen LogP contribution in [0.15, 0.2) is 111 Å². The van der Waals surface area contributed by atoms with E-state index in [2.05, 4.69) is 29.1 Å². The molecular weight excluding hydrogens is 1320 g/mol. The van der Waals surface area contributed by atoms with Gasteiger partial charge in [0.1, 0.15) is 17.8 Å². The maximum Gasteiger partial charge on any atom is 0.518 e. The summed E-state index contributed by atoms with van der Waals surface area (Å²) < 4.78 is 124. The maximum atomic E-state index is 13.9. The fourth-order valence-electron chi connectivity index (χ4n) is 12.0. The van der Waals surface area contributed by atoms with Gasteiger partial charge in [0.2, 0.25) is 13.6 Å². The number of benzene rings is 4. The number of amides is 2. The van der Waals surface area contributed by atoms with Crippen molar-refractivity contribution in [3.63, 3.8) is 0 Å². The summed E-state index contributed by atoms with van der Waals surface area (Å²) in [6, 6.07) is 25.5. The summed E-state index contributed by atoms with van der Waals surface area (Å²) in [4.78, 5) is 48.7. The predicted molar refractivity (Wildman–Crippen MR) is 340 cm³/mol. The Bertz CT molecular complexity index is 3440. The van der Waals surface area contributed by atoms with Crippen molar-refractivity contribution in [2.75, 3.05) is 53.1 Å². The zero-order chi connectivity index (χ0) is 67.1. The molecule has 4 saturated heterocycles. The van der Waals surface area contributed by atoms with Gasteiger partial charge in [0.15, 0.2) is 35.6 Å². The lowest BCUT2D eigenvalue weighted by Gasteiger charge is -2.31. The number of hydroxylamine groups is 2. The number of aliphatic hydroxyl groups is 2. The predicted octanol–water partition coefficient (Wildman–Crippen LogP) is 8.25. The largest absolute Gasteiger partial charge is 0.518 e. The van der Waals surface area contributed by atoms with Crippen molar-refractivity contribution in [1.29, 1.82) is 0 Å². The first kappa shape index (κ1) is 71.7. The molecule has 2 unspecified atom stereocenters. The molecule has 4 N–H and O–H groups in total. The summed E-state index contributed by atoms with van der Waals surface area (Å²) in [5, 5.41) is 28.3. The van der Waals surface area contributed by atoms with E-state index < -0.39 is 87.5 Å². The minimum absolute atomic E-state index is 0.00415. The van der Waals surface area contributed by atoms with Gasteiger partial charge in [0.25, 0.3) is 28.6 Å². The van der Waals surface area contributed by atoms with Gasteiger partial charge in [-0.3, -0.25) is 9.68 Å². The summed E-state index contributed by atoms with van der Waals surface area (Å²) in [5.74, 6) is 1.64. The van der Waals surface area contributed by atoms with E-state index in [1.165, 1.54) is 36.4 Å². The molecule has 4 aromatic carbocycles. The lowest BCUT2D eigenvalue weighted by atomic mass is 10.0. The number of sulfonamides is 2. The van der Waals surface area contributed by atoms with Crippen LogP contribution in [-0.4, -0.2) is 174 Å². The second kappa shape index (κ2) is 33.4. The zero-order valence-corrected chi connectivity index (χ0v) is 56.6. The Morgan fingerprint density at radius 3 is 1.47 bits per heavy atom. The summed E-state index contributed by atoms with van der Waals surface area (Å²) in [6.45, 7) is 6.21. The molecule has 6 heterocycles. The standard InChI is InChI=1S/C29H36N2O10S.C27H36N2O8S.C7H11NO5P2/c32-24(16-31(41-20-8-4-5-9-20)42(34,35)21-10-11-25-26(15-21)39-18-38-25)23(14-19-6-2-1-3-7-19)30-29(33)40-27-17-37-28-22(27)12-13-36-28;1-27(2,3)36-26(31)28-22(15-19-9-5-4-6-10-19)23(30)17-29(37-20-11-7-8-12-20)38(32,33)21-13-14-24-25(16-21)35-18-34-24;9-7(13-15-8-14)12-5-3-11-6-4(5)1-2-10-6/h1-3,6-7,10-11,15,20,22-24,27-28,32H,4-5,8-9,12-14,16-18H2,(H,30,33);4-6,9-10,13-14,16,20,22-23,30H,7-8,11-12,15,17-18H2,1-3H3,(H,28,31);4-6H,1-3,14H2/t22-,23-,24+,27?,28+;22-,23+;4-,5-,6+/m000/s1. The number of nitrogens with one attached hydrogen (secondary N) is 2. The smallest absolute Gasteiger partial charge is 0.454 e. The molecule has 2 aliphatic carbocycles. The van der Waals surface area contributed by atoms with E-state index in [1.54, 1.807) is 20.8 Å². The third-order valence-electron chi connectivity index (χ3n) is 16.8. The van der Waals surface area contributed by atoms with E-state index in [0.29, 0.717) is 68.5 Å². The molecule has 6 fully saturated rings. The number of carbonyl (C=O) groups is 3. The van der Waals surface area contributed by atoms with Gasteiger partial charge in [-0.05, 0) is 117 Å². The second-order valence-corrected chi connectivity index (χ2v) is 29.7. The van der Waals surface area contributed by atoms with Crippen molar-refractivity contribution >= 4 is 56.4 Å². The fraction of sp³-hybridized carbons (Fsp3) is 0.571. The molecule has 0 radical (unpaired) electrons. The highest BCUT2D eigenvalue weighted by atomic mass is 32.2. The number of hydrogen-bond acceptors (Lipinski definition) is 24. The van der Waals surface area contributed by atoms with Crippen molar-refractivity contribution in [3.8, 4) is 23.0 Å². The number of carbonyl (C=O) groups excluding carboxylic acids is 3. The third-order valence-corrected chi connectivity index (χ3v) is 20.6. The van der Waals surface area contributed by atoms with Crippen LogP contribution in [0, 0.1) is 11.8 Å². The van der Waals surface area contributed by atoms with Crippen LogP contribution in [0.25, 0.3) is 0 Å². The average molecular weight is 1400 g/mol. The Labute approximate surface area is 556 Å². The highest BCUT2D eigenvalue weighted by Gasteiger charge is 2.46. The van der Waals surface area contributed by atoms with E-state index in [9.17, 15) is 41.4 Å². The summed E-state index contributed by atoms with van der Waals surface area (Å²) in [7, 11) is -6.12. The van der Waals surface area contributed by atoms with E-state index in [1.807, 2.05) is 60.7 Å². The van der Waals surface area contributed by atoms with Gasteiger partial charge in [0.05, 0.1) is 97.6 Å². The van der Waals surface area contributed by atoms with E-state index >= 15 is 0 Å². The van der Waals surface area contributed by atoms with Gasteiger partial charge < -0.3 is 77.5 Å². The van der Waals surface area contributed by atoms with Gasteiger partial charge in [0, 0.05) is 12.1 Å². The molecule has 32 heteroatoms. The topological polar surface area (TPSA) is 332 Å². The highest BCUT2D eigenvalue weighted by molar-refractivity contribution is 7.89. The Hall–Kier alpha value is -6.08. The Kier molecular flexibility index (Phi) is 25.2. The lowest BCUT2D eigenvalue weighted by molar-refractivity contribution is -0.145. The first-order chi connectivity index (χ1) is 45.7. The molecular formula is C63H83N5O23P2S2. The Balaban J connectivity index is 0.000000171. The van der Waals surface area contributed by atoms with Gasteiger partial charge in [-0.1, -0.05) is 95.3 Å². The van der Waals surface area contributed by atoms with Crippen LogP contribution >= 0.6 is 18.0 Å². The van der Waals surface area contributed by atoms with E-state index in [4.69, 9.17) is 61.8 Å². The van der Waals surface area contributed by atoms with Gasteiger partial charge >= 0.3 is 18.3 Å². The first-order valence-corrected chi connectivity index (χ1v) is 35.9. The first-order valence-electron chi connectivity index (χ1n) is 31.7. The van der Waals surface area contributed by atoms with E-state index in [-0.39, 0.29) is 94.2 Å². The van der Waals surface area contributed by atoms with Crippen LogP contribution in [0.3, 0.4) is 0 Å². The van der Waals surface area contributed by atoms with Crippen LogP contribution < -0.4 is 29.6 Å². The Morgan fingerprint density at radius 1 is 0.600 bits per heavy atom. The quantitative estimate of drug-likeness (QED) is 0.0235. The van der Waals surface area contributed by atoms with Crippen molar-refractivity contribution in [2.45, 2.75) is 175 Å². The summed E-state index contributed by atoms with van der Waals surface area (Å²) in [6.07, 6.45) is 1.88. The maximum absolute atomic E-state index is 13.9. The number of ether oxygens (including phenoxy) is 11. The van der Waals surface area contributed by atoms with E-state index in [0.717, 1.165) is 58.6 Å². The molecule has 28 nitrogen and oxygen atoms in total. The van der Waals surface area contributed by atoms with Crippen LogP contribution in [0.4, 0.5) is 14.4 Å². The minimum atomic E-state index is -4.23. The van der Waals surface area contributed by atoms with Crippen molar-refractivity contribution < 1.29 is 108 Å².